The molecule has 0 rings (SSSR count). The molecule has 0 aliphatic carbocycles. The van der Waals surface area contributed by atoms with E-state index in [-0.39, 0.29) is 0 Å². The molecule has 0 radical (unpaired) electrons. The second-order valence-electron chi connectivity index (χ2n) is 8.54. The van der Waals surface area contributed by atoms with Gasteiger partial charge in [-0.3, -0.25) is 0 Å². The lowest BCUT2D eigenvalue weighted by molar-refractivity contribution is -0.0289. The van der Waals surface area contributed by atoms with Crippen LogP contribution in [0.2, 0.25) is 0 Å². The van der Waals surface area contributed by atoms with Crippen LogP contribution in [0.3, 0.4) is 0 Å². The van der Waals surface area contributed by atoms with E-state index in [2.05, 4.69) is 0 Å². The number of hydrogen-bond acceptors (Lipinski definition) is 15. The van der Waals surface area contributed by atoms with E-state index in [0.717, 1.165) is 0 Å². The van der Waals surface area contributed by atoms with Crippen molar-refractivity contribution in [2.75, 3.05) is 185 Å². The Morgan fingerprint density at radius 3 is 0.349 bits per heavy atom. The standard InChI is InChI=1S/C28H60N2O13/c29-1-3-31-5-7-33-9-11-35-13-15-37-17-19-39-21-23-41-25-27-43-28-26-42-24-22-40-20-18-38-16-14-36-12-10-34-8-6-32-4-2-30/h1-30H2. The van der Waals surface area contributed by atoms with E-state index in [4.69, 9.17) is 73.0 Å². The lowest BCUT2D eigenvalue weighted by Crippen LogP contribution is -2.16. The van der Waals surface area contributed by atoms with Crippen molar-refractivity contribution in [3.05, 3.63) is 0 Å². The van der Waals surface area contributed by atoms with Crippen molar-refractivity contribution in [2.24, 2.45) is 11.5 Å². The van der Waals surface area contributed by atoms with Gasteiger partial charge in [-0.2, -0.15) is 0 Å². The fraction of sp³-hybridized carbons (Fsp3) is 1.00. The molecule has 0 saturated carbocycles. The highest BCUT2D eigenvalue weighted by atomic mass is 16.6. The van der Waals surface area contributed by atoms with Crippen LogP contribution >= 0.6 is 0 Å². The summed E-state index contributed by atoms with van der Waals surface area (Å²) in [5, 5.41) is 0. The molecule has 0 aromatic heterocycles. The van der Waals surface area contributed by atoms with Gasteiger partial charge >= 0.3 is 0 Å². The third-order valence-corrected chi connectivity index (χ3v) is 4.99. The molecule has 43 heavy (non-hydrogen) atoms. The second-order valence-corrected chi connectivity index (χ2v) is 8.54. The van der Waals surface area contributed by atoms with Gasteiger partial charge in [0.25, 0.3) is 0 Å². The third-order valence-electron chi connectivity index (χ3n) is 4.99. The molecule has 15 heteroatoms. The monoisotopic (exact) mass is 632 g/mol. The van der Waals surface area contributed by atoms with E-state index >= 15 is 0 Å². The Hall–Kier alpha value is -0.600. The van der Waals surface area contributed by atoms with Crippen molar-refractivity contribution in [1.82, 2.24) is 0 Å². The van der Waals surface area contributed by atoms with E-state index in [1.54, 1.807) is 0 Å². The van der Waals surface area contributed by atoms with E-state index in [9.17, 15) is 0 Å². The van der Waals surface area contributed by atoms with Crippen molar-refractivity contribution in [2.45, 2.75) is 0 Å². The first kappa shape index (κ1) is 42.4. The Balaban J connectivity index is 3.02. The van der Waals surface area contributed by atoms with Crippen LogP contribution in [0.5, 0.6) is 0 Å². The summed E-state index contributed by atoms with van der Waals surface area (Å²) in [7, 11) is 0. The maximum absolute atomic E-state index is 5.47. The molecule has 0 bridgehead atoms. The van der Waals surface area contributed by atoms with Crippen molar-refractivity contribution >= 4 is 0 Å². The van der Waals surface area contributed by atoms with Crippen LogP contribution in [0, 0.1) is 0 Å². The predicted octanol–water partition coefficient (Wildman–Crippen LogP) is -0.880. The van der Waals surface area contributed by atoms with Gasteiger partial charge in [0.15, 0.2) is 0 Å². The SMILES string of the molecule is NCCOCCOCCOCCOCCOCCOCCOCCOCCOCCOCCOCCOCCOCCN. The fourth-order valence-electron chi connectivity index (χ4n) is 2.91. The van der Waals surface area contributed by atoms with Gasteiger partial charge in [-0.05, 0) is 0 Å². The Labute approximate surface area is 258 Å². The quantitative estimate of drug-likeness (QED) is 0.0797. The largest absolute Gasteiger partial charge is 0.378 e. The van der Waals surface area contributed by atoms with Crippen LogP contribution in [0.4, 0.5) is 0 Å². The topological polar surface area (TPSA) is 172 Å². The minimum Gasteiger partial charge on any atom is -0.378 e. The van der Waals surface area contributed by atoms with Crippen LogP contribution in [0.25, 0.3) is 0 Å². The van der Waals surface area contributed by atoms with E-state index in [1.165, 1.54) is 0 Å². The first-order chi connectivity index (χ1) is 21.4. The number of hydrogen-bond donors (Lipinski definition) is 2. The lowest BCUT2D eigenvalue weighted by Gasteiger charge is -2.09. The molecular weight excluding hydrogens is 572 g/mol. The van der Waals surface area contributed by atoms with E-state index in [0.29, 0.717) is 185 Å². The van der Waals surface area contributed by atoms with Crippen LogP contribution < -0.4 is 11.5 Å². The zero-order chi connectivity index (χ0) is 31.0. The molecule has 0 unspecified atom stereocenters. The smallest absolute Gasteiger partial charge is 0.0701 e. The second kappa shape index (κ2) is 41.4. The summed E-state index contributed by atoms with van der Waals surface area (Å²) in [6.45, 7) is 14.7. The summed E-state index contributed by atoms with van der Waals surface area (Å²) in [4.78, 5) is 0. The molecule has 0 aromatic rings. The lowest BCUT2D eigenvalue weighted by atomic mass is 10.6. The van der Waals surface area contributed by atoms with Crippen molar-refractivity contribution in [1.29, 1.82) is 0 Å². The van der Waals surface area contributed by atoms with Gasteiger partial charge in [0.1, 0.15) is 0 Å². The van der Waals surface area contributed by atoms with Crippen molar-refractivity contribution in [3.63, 3.8) is 0 Å². The maximum Gasteiger partial charge on any atom is 0.0701 e. The molecule has 0 fully saturated rings. The van der Waals surface area contributed by atoms with Crippen molar-refractivity contribution in [3.8, 4) is 0 Å². The Kier molecular flexibility index (Phi) is 40.8. The van der Waals surface area contributed by atoms with Gasteiger partial charge in [-0.25, -0.2) is 0 Å². The Bertz CT molecular complexity index is 448. The Morgan fingerprint density at radius 1 is 0.163 bits per heavy atom. The summed E-state index contributed by atoms with van der Waals surface area (Å²) in [6, 6.07) is 0. The molecule has 0 amide bonds. The average molecular weight is 633 g/mol. The van der Waals surface area contributed by atoms with Crippen LogP contribution in [-0.4, -0.2) is 185 Å². The third kappa shape index (κ3) is 41.4. The normalized spacial score (nSPS) is 11.6. The number of nitrogens with two attached hydrogens (primary N) is 2. The highest BCUT2D eigenvalue weighted by Gasteiger charge is 1.96. The van der Waals surface area contributed by atoms with Gasteiger partial charge in [0.05, 0.1) is 172 Å². The summed E-state index contributed by atoms with van der Waals surface area (Å²) in [6.07, 6.45) is 0. The first-order valence-corrected chi connectivity index (χ1v) is 15.3. The van der Waals surface area contributed by atoms with Gasteiger partial charge in [0.2, 0.25) is 0 Å². The molecule has 4 N–H and O–H groups in total. The van der Waals surface area contributed by atoms with Crippen molar-refractivity contribution < 1.29 is 61.6 Å². The van der Waals surface area contributed by atoms with Gasteiger partial charge in [-0.1, -0.05) is 0 Å². The molecule has 0 heterocycles. The van der Waals surface area contributed by atoms with Crippen LogP contribution in [0.1, 0.15) is 0 Å². The summed E-state index contributed by atoms with van der Waals surface area (Å²) < 4.78 is 70.2. The molecule has 0 aliphatic heterocycles. The van der Waals surface area contributed by atoms with Gasteiger partial charge in [-0.15, -0.1) is 0 Å². The predicted molar refractivity (Wildman–Crippen MR) is 159 cm³/mol. The molecule has 15 nitrogen and oxygen atoms in total. The molecule has 0 spiro atoms. The maximum atomic E-state index is 5.47. The highest BCUT2D eigenvalue weighted by Crippen LogP contribution is 1.87. The number of rotatable bonds is 40. The zero-order valence-corrected chi connectivity index (χ0v) is 26.3. The molecule has 0 aliphatic rings. The van der Waals surface area contributed by atoms with Crippen LogP contribution in [-0.2, 0) is 61.6 Å². The summed E-state index contributed by atoms with van der Waals surface area (Å²) in [5.41, 5.74) is 10.7. The molecule has 0 saturated heterocycles. The first-order valence-electron chi connectivity index (χ1n) is 15.3. The van der Waals surface area contributed by atoms with E-state index < -0.39 is 0 Å². The highest BCUT2D eigenvalue weighted by molar-refractivity contribution is 4.40. The molecule has 0 atom stereocenters. The molecule has 0 aromatic carbocycles. The minimum absolute atomic E-state index is 0.508. The fourth-order valence-corrected chi connectivity index (χ4v) is 2.91. The molecule has 260 valence electrons. The van der Waals surface area contributed by atoms with E-state index in [1.807, 2.05) is 0 Å². The average Bonchev–Trinajstić information content (AvgIpc) is 3.02. The van der Waals surface area contributed by atoms with Gasteiger partial charge in [0, 0.05) is 13.1 Å². The minimum atomic E-state index is 0.508. The van der Waals surface area contributed by atoms with Crippen LogP contribution in [0.15, 0.2) is 0 Å². The summed E-state index contributed by atoms with van der Waals surface area (Å²) in [5.74, 6) is 0. The zero-order valence-electron chi connectivity index (χ0n) is 26.3. The summed E-state index contributed by atoms with van der Waals surface area (Å²) >= 11 is 0. The van der Waals surface area contributed by atoms with Gasteiger partial charge < -0.3 is 73.0 Å². The number of ether oxygens (including phenoxy) is 13. The molecular formula is C28H60N2O13. The Morgan fingerprint density at radius 2 is 0.256 bits per heavy atom.